The summed E-state index contributed by atoms with van der Waals surface area (Å²) >= 11 is 0. The van der Waals surface area contributed by atoms with Crippen molar-refractivity contribution in [2.75, 3.05) is 0 Å². The molecule has 0 amide bonds. The van der Waals surface area contributed by atoms with Crippen LogP contribution in [0.15, 0.2) is 49.6 Å². The van der Waals surface area contributed by atoms with Crippen molar-refractivity contribution in [1.82, 2.24) is 0 Å². The van der Waals surface area contributed by atoms with Crippen LogP contribution in [0.25, 0.3) is 22.5 Å². The van der Waals surface area contributed by atoms with Crippen LogP contribution < -0.4 is 0 Å². The molecule has 154 valence electrons. The third-order valence-corrected chi connectivity index (χ3v) is 11.2. The Bertz CT molecular complexity index is 942. The maximum atomic E-state index is 6.58. The summed E-state index contributed by atoms with van der Waals surface area (Å²) in [5.74, 6) is 1.39. The standard InChI is InChI=1S/C27H36OSi/c1-18(2)21-11-13-22(14-12-21)24-17-16-23(26-19(3)10-15-25(24)26)20(4)28-29(8,9)27(5,6)7/h11-14,16-17,19H,1,4,10,15H2,2-3,5-9H3. The van der Waals surface area contributed by atoms with Gasteiger partial charge in [0.2, 0.25) is 8.32 Å². The highest BCUT2D eigenvalue weighted by molar-refractivity contribution is 6.74. The van der Waals surface area contributed by atoms with E-state index in [1.165, 1.54) is 39.8 Å². The highest BCUT2D eigenvalue weighted by Crippen LogP contribution is 2.45. The molecule has 0 spiro atoms. The molecule has 2 aromatic rings. The van der Waals surface area contributed by atoms with Gasteiger partial charge in [0.05, 0.1) is 0 Å². The van der Waals surface area contributed by atoms with Crippen molar-refractivity contribution in [3.8, 4) is 11.1 Å². The zero-order valence-electron chi connectivity index (χ0n) is 19.3. The second-order valence-corrected chi connectivity index (χ2v) is 14.9. The Kier molecular flexibility index (Phi) is 5.70. The molecule has 29 heavy (non-hydrogen) atoms. The van der Waals surface area contributed by atoms with Crippen molar-refractivity contribution in [3.63, 3.8) is 0 Å². The van der Waals surface area contributed by atoms with Crippen LogP contribution in [-0.2, 0) is 10.8 Å². The Morgan fingerprint density at radius 2 is 1.66 bits per heavy atom. The summed E-state index contributed by atoms with van der Waals surface area (Å²) in [7, 11) is -1.91. The molecule has 1 unspecified atom stereocenters. The summed E-state index contributed by atoms with van der Waals surface area (Å²) in [5, 5.41) is 0.162. The van der Waals surface area contributed by atoms with Gasteiger partial charge in [-0.25, -0.2) is 0 Å². The van der Waals surface area contributed by atoms with Gasteiger partial charge in [0.1, 0.15) is 5.76 Å². The van der Waals surface area contributed by atoms with Crippen molar-refractivity contribution in [3.05, 3.63) is 71.8 Å². The number of allylic oxidation sites excluding steroid dienone is 1. The lowest BCUT2D eigenvalue weighted by atomic mass is 9.90. The summed E-state index contributed by atoms with van der Waals surface area (Å²) < 4.78 is 6.58. The molecule has 3 rings (SSSR count). The molecule has 1 aliphatic carbocycles. The molecule has 0 radical (unpaired) electrons. The van der Waals surface area contributed by atoms with Crippen LogP contribution in [-0.4, -0.2) is 8.32 Å². The summed E-state index contributed by atoms with van der Waals surface area (Å²) in [5.41, 5.74) is 9.05. The van der Waals surface area contributed by atoms with Gasteiger partial charge in [-0.05, 0) is 71.6 Å². The third kappa shape index (κ3) is 4.14. The average Bonchev–Trinajstić information content (AvgIpc) is 3.02. The van der Waals surface area contributed by atoms with Crippen LogP contribution in [0, 0.1) is 0 Å². The highest BCUT2D eigenvalue weighted by atomic mass is 28.4. The van der Waals surface area contributed by atoms with E-state index >= 15 is 0 Å². The number of benzene rings is 2. The van der Waals surface area contributed by atoms with Crippen LogP contribution in [0.2, 0.25) is 18.1 Å². The first-order valence-electron chi connectivity index (χ1n) is 10.7. The lowest BCUT2D eigenvalue weighted by Gasteiger charge is -2.37. The summed E-state index contributed by atoms with van der Waals surface area (Å²) in [6.45, 7) is 24.2. The summed E-state index contributed by atoms with van der Waals surface area (Å²) in [6.07, 6.45) is 2.31. The normalized spacial score (nSPS) is 16.4. The average molecular weight is 405 g/mol. The van der Waals surface area contributed by atoms with Crippen LogP contribution in [0.5, 0.6) is 0 Å². The fourth-order valence-corrected chi connectivity index (χ4v) is 5.00. The lowest BCUT2D eigenvalue weighted by molar-refractivity contribution is 0.458. The van der Waals surface area contributed by atoms with E-state index in [0.717, 1.165) is 17.8 Å². The third-order valence-electron chi connectivity index (χ3n) is 6.85. The zero-order valence-corrected chi connectivity index (χ0v) is 20.3. The van der Waals surface area contributed by atoms with Crippen LogP contribution in [0.4, 0.5) is 0 Å². The zero-order chi connectivity index (χ0) is 21.6. The van der Waals surface area contributed by atoms with Gasteiger partial charge in [0, 0.05) is 5.56 Å². The maximum absolute atomic E-state index is 6.58. The van der Waals surface area contributed by atoms with E-state index in [9.17, 15) is 0 Å². The Morgan fingerprint density at radius 3 is 2.21 bits per heavy atom. The minimum Gasteiger partial charge on any atom is -0.543 e. The Labute approximate surface area is 178 Å². The van der Waals surface area contributed by atoms with E-state index in [-0.39, 0.29) is 5.04 Å². The molecule has 2 heteroatoms. The van der Waals surface area contributed by atoms with Crippen molar-refractivity contribution >= 4 is 19.6 Å². The maximum Gasteiger partial charge on any atom is 0.250 e. The molecule has 2 aromatic carbocycles. The van der Waals surface area contributed by atoms with Crippen LogP contribution in [0.3, 0.4) is 0 Å². The van der Waals surface area contributed by atoms with Gasteiger partial charge in [-0.15, -0.1) is 0 Å². The first kappa shape index (κ1) is 21.6. The van der Waals surface area contributed by atoms with Gasteiger partial charge in [0.25, 0.3) is 0 Å². The van der Waals surface area contributed by atoms with Crippen molar-refractivity contribution in [2.24, 2.45) is 0 Å². The van der Waals surface area contributed by atoms with Crippen LogP contribution >= 0.6 is 0 Å². The Morgan fingerprint density at radius 1 is 1.03 bits per heavy atom. The highest BCUT2D eigenvalue weighted by Gasteiger charge is 2.40. The van der Waals surface area contributed by atoms with Crippen molar-refractivity contribution in [2.45, 2.75) is 71.5 Å². The fraction of sp³-hybridized carbons (Fsp3) is 0.407. The largest absolute Gasteiger partial charge is 0.543 e. The smallest absolute Gasteiger partial charge is 0.250 e. The molecule has 0 saturated heterocycles. The predicted octanol–water partition coefficient (Wildman–Crippen LogP) is 8.43. The van der Waals surface area contributed by atoms with Gasteiger partial charge in [-0.3, -0.25) is 0 Å². The quantitative estimate of drug-likeness (QED) is 0.359. The molecule has 0 aromatic heterocycles. The number of hydrogen-bond acceptors (Lipinski definition) is 1. The topological polar surface area (TPSA) is 9.23 Å². The molecule has 0 saturated carbocycles. The molecular formula is C27H36OSi. The van der Waals surface area contributed by atoms with Gasteiger partial charge in [-0.2, -0.15) is 0 Å². The van der Waals surface area contributed by atoms with E-state index in [4.69, 9.17) is 4.43 Å². The molecule has 0 N–H and O–H groups in total. The minimum atomic E-state index is -1.91. The number of rotatable bonds is 5. The van der Waals surface area contributed by atoms with E-state index in [2.05, 4.69) is 97.3 Å². The molecule has 0 aliphatic heterocycles. The van der Waals surface area contributed by atoms with E-state index in [1.54, 1.807) is 0 Å². The number of hydrogen-bond donors (Lipinski definition) is 0. The van der Waals surface area contributed by atoms with Gasteiger partial charge in [0.15, 0.2) is 0 Å². The van der Waals surface area contributed by atoms with E-state index in [1.807, 2.05) is 0 Å². The monoisotopic (exact) mass is 404 g/mol. The Hall–Kier alpha value is -2.06. The van der Waals surface area contributed by atoms with Gasteiger partial charge >= 0.3 is 0 Å². The summed E-state index contributed by atoms with van der Waals surface area (Å²) in [6, 6.07) is 13.3. The molecule has 1 atom stereocenters. The molecule has 0 heterocycles. The van der Waals surface area contributed by atoms with Gasteiger partial charge < -0.3 is 4.43 Å². The summed E-state index contributed by atoms with van der Waals surface area (Å²) in [4.78, 5) is 0. The second kappa shape index (κ2) is 7.64. The van der Waals surface area contributed by atoms with Gasteiger partial charge in [-0.1, -0.05) is 82.8 Å². The molecular weight excluding hydrogens is 368 g/mol. The predicted molar refractivity (Wildman–Crippen MR) is 131 cm³/mol. The van der Waals surface area contributed by atoms with Crippen molar-refractivity contribution in [1.29, 1.82) is 0 Å². The first-order chi connectivity index (χ1) is 13.4. The molecule has 1 nitrogen and oxygen atoms in total. The lowest BCUT2D eigenvalue weighted by Crippen LogP contribution is -2.40. The minimum absolute atomic E-state index is 0.162. The van der Waals surface area contributed by atoms with Crippen LogP contribution in [0.1, 0.15) is 69.2 Å². The first-order valence-corrected chi connectivity index (χ1v) is 13.6. The Balaban J connectivity index is 2.01. The molecule has 1 aliphatic rings. The molecule has 0 bridgehead atoms. The SMILES string of the molecule is C=C(C)c1ccc(-c2ccc(C(=C)O[Si](C)(C)C(C)(C)C)c3c2CCC3C)cc1. The molecule has 0 fully saturated rings. The van der Waals surface area contributed by atoms with Crippen molar-refractivity contribution < 1.29 is 4.43 Å². The second-order valence-electron chi connectivity index (χ2n) is 10.1. The fourth-order valence-electron chi connectivity index (χ4n) is 3.97. The number of fused-ring (bicyclic) bond motifs is 1. The van der Waals surface area contributed by atoms with E-state index < -0.39 is 8.32 Å². The van der Waals surface area contributed by atoms with E-state index in [0.29, 0.717) is 5.92 Å².